The molecular weight excluding hydrogens is 597 g/mol. The van der Waals surface area contributed by atoms with E-state index in [4.69, 9.17) is 27.9 Å². The molecule has 3 rings (SSSR count). The maximum atomic E-state index is 13.9. The lowest BCUT2D eigenvalue weighted by molar-refractivity contribution is -0.141. The second kappa shape index (κ2) is 15.3. The SMILES string of the molecule is COc1ccc(N(CCCC(=O)N(Cc2c(Cl)cccc2Cl)[C@@H](Cc2ccccc2)C(=O)NC(C)C)S(C)(=O)=O)cc1. The first-order valence-corrected chi connectivity index (χ1v) is 16.2. The third-order valence-electron chi connectivity index (χ3n) is 6.60. The third kappa shape index (κ3) is 9.37. The van der Waals surface area contributed by atoms with Crippen molar-refractivity contribution >= 4 is 50.7 Å². The van der Waals surface area contributed by atoms with Crippen LogP contribution in [0.2, 0.25) is 10.0 Å². The van der Waals surface area contributed by atoms with Gasteiger partial charge in [0.05, 0.1) is 19.1 Å². The van der Waals surface area contributed by atoms with Crippen molar-refractivity contribution in [2.75, 3.05) is 24.2 Å². The summed E-state index contributed by atoms with van der Waals surface area (Å²) in [7, 11) is -2.10. The summed E-state index contributed by atoms with van der Waals surface area (Å²) in [5, 5.41) is 3.70. The quantitative estimate of drug-likeness (QED) is 0.245. The summed E-state index contributed by atoms with van der Waals surface area (Å²) in [6.07, 6.45) is 1.60. The summed E-state index contributed by atoms with van der Waals surface area (Å²) in [6, 6.07) is 20.2. The Morgan fingerprint density at radius 3 is 2.10 bits per heavy atom. The molecule has 0 aliphatic rings. The van der Waals surface area contributed by atoms with Crippen LogP contribution in [-0.2, 0) is 32.6 Å². The predicted octanol–water partition coefficient (Wildman–Crippen LogP) is 5.71. The molecule has 42 heavy (non-hydrogen) atoms. The first-order valence-electron chi connectivity index (χ1n) is 13.6. The lowest BCUT2D eigenvalue weighted by Gasteiger charge is -2.33. The Hall–Kier alpha value is -3.27. The first-order chi connectivity index (χ1) is 19.9. The number of benzene rings is 3. The van der Waals surface area contributed by atoms with Crippen LogP contribution in [0.15, 0.2) is 72.8 Å². The Labute approximate surface area is 258 Å². The average molecular weight is 635 g/mol. The number of carbonyl (C=O) groups excluding carboxylic acids is 2. The van der Waals surface area contributed by atoms with E-state index in [9.17, 15) is 18.0 Å². The van der Waals surface area contributed by atoms with Gasteiger partial charge in [-0.3, -0.25) is 13.9 Å². The molecule has 0 bridgehead atoms. The highest BCUT2D eigenvalue weighted by Crippen LogP contribution is 2.28. The van der Waals surface area contributed by atoms with Crippen LogP contribution in [0.5, 0.6) is 5.75 Å². The maximum absolute atomic E-state index is 13.9. The predicted molar refractivity (Wildman–Crippen MR) is 169 cm³/mol. The maximum Gasteiger partial charge on any atom is 0.243 e. The van der Waals surface area contributed by atoms with Crippen LogP contribution in [0.1, 0.15) is 37.8 Å². The zero-order chi connectivity index (χ0) is 30.9. The minimum atomic E-state index is -3.63. The Morgan fingerprint density at radius 1 is 0.929 bits per heavy atom. The molecule has 0 fully saturated rings. The van der Waals surface area contributed by atoms with Crippen LogP contribution in [0.4, 0.5) is 5.69 Å². The van der Waals surface area contributed by atoms with Gasteiger partial charge < -0.3 is 15.0 Å². The van der Waals surface area contributed by atoms with Crippen molar-refractivity contribution in [3.8, 4) is 5.75 Å². The Kier molecular flexibility index (Phi) is 12.1. The van der Waals surface area contributed by atoms with Crippen LogP contribution in [0.3, 0.4) is 0 Å². The number of carbonyl (C=O) groups is 2. The van der Waals surface area contributed by atoms with E-state index in [0.717, 1.165) is 11.8 Å². The lowest BCUT2D eigenvalue weighted by Crippen LogP contribution is -2.52. The van der Waals surface area contributed by atoms with Gasteiger partial charge in [-0.2, -0.15) is 0 Å². The summed E-state index contributed by atoms with van der Waals surface area (Å²) in [4.78, 5) is 29.0. The van der Waals surface area contributed by atoms with E-state index in [1.165, 1.54) is 16.3 Å². The summed E-state index contributed by atoms with van der Waals surface area (Å²) < 4.78 is 31.7. The molecule has 0 aromatic heterocycles. The van der Waals surface area contributed by atoms with Gasteiger partial charge in [-0.15, -0.1) is 0 Å². The second-order valence-electron chi connectivity index (χ2n) is 10.2. The van der Waals surface area contributed by atoms with Crippen molar-refractivity contribution in [3.63, 3.8) is 0 Å². The van der Waals surface area contributed by atoms with Crippen LogP contribution >= 0.6 is 23.2 Å². The van der Waals surface area contributed by atoms with E-state index >= 15 is 0 Å². The first kappa shape index (κ1) is 33.2. The van der Waals surface area contributed by atoms with Crippen LogP contribution in [-0.4, -0.2) is 57.1 Å². The number of ether oxygens (including phenoxy) is 1. The molecule has 226 valence electrons. The number of anilines is 1. The number of methoxy groups -OCH3 is 1. The number of nitrogens with zero attached hydrogens (tertiary/aromatic N) is 2. The van der Waals surface area contributed by atoms with E-state index in [1.54, 1.807) is 42.5 Å². The molecule has 0 spiro atoms. The minimum Gasteiger partial charge on any atom is -0.497 e. The molecule has 0 saturated carbocycles. The van der Waals surface area contributed by atoms with Gasteiger partial charge in [-0.1, -0.05) is 59.6 Å². The normalized spacial score (nSPS) is 12.1. The molecule has 1 N–H and O–H groups in total. The van der Waals surface area contributed by atoms with Crippen LogP contribution < -0.4 is 14.4 Å². The number of halogens is 2. The van der Waals surface area contributed by atoms with Crippen LogP contribution in [0.25, 0.3) is 0 Å². The van der Waals surface area contributed by atoms with Gasteiger partial charge >= 0.3 is 0 Å². The van der Waals surface area contributed by atoms with Crippen molar-refractivity contribution in [2.45, 2.75) is 51.7 Å². The van der Waals surface area contributed by atoms with Gasteiger partial charge in [0.1, 0.15) is 11.8 Å². The Bertz CT molecular complexity index is 1430. The van der Waals surface area contributed by atoms with Gasteiger partial charge in [-0.25, -0.2) is 8.42 Å². The highest BCUT2D eigenvalue weighted by atomic mass is 35.5. The smallest absolute Gasteiger partial charge is 0.243 e. The molecule has 0 aliphatic heterocycles. The fourth-order valence-corrected chi connectivity index (χ4v) is 6.02. The van der Waals surface area contributed by atoms with Crippen molar-refractivity contribution < 1.29 is 22.7 Å². The van der Waals surface area contributed by atoms with Crippen LogP contribution in [0, 0.1) is 0 Å². The van der Waals surface area contributed by atoms with Gasteiger partial charge in [0, 0.05) is 47.6 Å². The van der Waals surface area contributed by atoms with Gasteiger partial charge in [-0.05, 0) is 62.2 Å². The standard InChI is InChI=1S/C31H37Cl2N3O5S/c1-22(2)34-31(38)29(20-23-10-6-5-7-11-23)35(21-26-27(32)12-8-13-28(26)33)30(37)14-9-19-36(42(4,39)40)24-15-17-25(41-3)18-16-24/h5-8,10-13,15-18,22,29H,9,14,19-21H2,1-4H3,(H,34,38)/t29-/m0/s1. The molecule has 0 aliphatic carbocycles. The monoisotopic (exact) mass is 633 g/mol. The number of amides is 2. The summed E-state index contributed by atoms with van der Waals surface area (Å²) >= 11 is 13.0. The molecule has 3 aromatic rings. The zero-order valence-corrected chi connectivity index (χ0v) is 26.5. The number of nitrogens with one attached hydrogen (secondary N) is 1. The van der Waals surface area contributed by atoms with E-state index in [-0.39, 0.29) is 50.2 Å². The van der Waals surface area contributed by atoms with E-state index in [0.29, 0.717) is 27.0 Å². The van der Waals surface area contributed by atoms with E-state index in [1.807, 2.05) is 44.2 Å². The summed E-state index contributed by atoms with van der Waals surface area (Å²) in [5.74, 6) is -0.0317. The average Bonchev–Trinajstić information content (AvgIpc) is 2.94. The van der Waals surface area contributed by atoms with E-state index < -0.39 is 16.1 Å². The summed E-state index contributed by atoms with van der Waals surface area (Å²) in [6.45, 7) is 3.79. The van der Waals surface area contributed by atoms with Crippen molar-refractivity contribution in [1.82, 2.24) is 10.2 Å². The van der Waals surface area contributed by atoms with Gasteiger partial charge in [0.25, 0.3) is 0 Å². The Balaban J connectivity index is 1.91. The number of hydrogen-bond acceptors (Lipinski definition) is 5. The third-order valence-corrected chi connectivity index (χ3v) is 8.51. The number of rotatable bonds is 14. The molecular formula is C31H37Cl2N3O5S. The van der Waals surface area contributed by atoms with Crippen molar-refractivity contribution in [2.24, 2.45) is 0 Å². The molecule has 0 saturated heterocycles. The molecule has 8 nitrogen and oxygen atoms in total. The van der Waals surface area contributed by atoms with E-state index in [2.05, 4.69) is 5.32 Å². The number of hydrogen-bond donors (Lipinski definition) is 1. The summed E-state index contributed by atoms with van der Waals surface area (Å²) in [5.41, 5.74) is 1.87. The van der Waals surface area contributed by atoms with Crippen molar-refractivity contribution in [3.05, 3.63) is 94.0 Å². The fraction of sp³-hybridized carbons (Fsp3) is 0.355. The molecule has 0 unspecified atom stereocenters. The molecule has 0 radical (unpaired) electrons. The minimum absolute atomic E-state index is 0.00856. The highest BCUT2D eigenvalue weighted by molar-refractivity contribution is 7.92. The van der Waals surface area contributed by atoms with Gasteiger partial charge in [0.2, 0.25) is 21.8 Å². The molecule has 2 amide bonds. The fourth-order valence-electron chi connectivity index (χ4n) is 4.54. The lowest BCUT2D eigenvalue weighted by atomic mass is 10.0. The zero-order valence-electron chi connectivity index (χ0n) is 24.2. The van der Waals surface area contributed by atoms with Crippen molar-refractivity contribution in [1.29, 1.82) is 0 Å². The largest absolute Gasteiger partial charge is 0.497 e. The Morgan fingerprint density at radius 2 is 1.55 bits per heavy atom. The molecule has 1 atom stereocenters. The van der Waals surface area contributed by atoms with Gasteiger partial charge in [0.15, 0.2) is 0 Å². The number of sulfonamides is 1. The second-order valence-corrected chi connectivity index (χ2v) is 12.9. The molecule has 0 heterocycles. The molecule has 11 heteroatoms. The topological polar surface area (TPSA) is 96.0 Å². The highest BCUT2D eigenvalue weighted by Gasteiger charge is 2.31. The molecule has 3 aromatic carbocycles.